The summed E-state index contributed by atoms with van der Waals surface area (Å²) in [5.41, 5.74) is 2.35. The van der Waals surface area contributed by atoms with Gasteiger partial charge in [-0.15, -0.1) is 0 Å². The third-order valence-electron chi connectivity index (χ3n) is 6.62. The van der Waals surface area contributed by atoms with Gasteiger partial charge in [-0.25, -0.2) is 0 Å². The summed E-state index contributed by atoms with van der Waals surface area (Å²) >= 11 is 0. The molecular weight excluding hydrogens is 156 g/mol. The van der Waals surface area contributed by atoms with Crippen molar-refractivity contribution in [2.24, 2.45) is 34.0 Å². The Balaban J connectivity index is 1.79. The fourth-order valence-electron chi connectivity index (χ4n) is 6.20. The number of hydrogen-bond acceptors (Lipinski definition) is 0. The molecule has 0 nitrogen and oxygen atoms in total. The van der Waals surface area contributed by atoms with Gasteiger partial charge in [0.1, 0.15) is 0 Å². The summed E-state index contributed by atoms with van der Waals surface area (Å²) in [6.07, 6.45) is 6.38. The van der Waals surface area contributed by atoms with E-state index in [2.05, 4.69) is 20.8 Å². The minimum atomic E-state index is 0.596. The molecule has 1 spiro atoms. The molecule has 0 bridgehead atoms. The van der Waals surface area contributed by atoms with E-state index in [-0.39, 0.29) is 0 Å². The summed E-state index contributed by atoms with van der Waals surface area (Å²) in [7, 11) is 0. The molecule has 72 valence electrons. The van der Waals surface area contributed by atoms with Gasteiger partial charge in [0.2, 0.25) is 0 Å². The molecule has 4 fully saturated rings. The predicted octanol–water partition coefficient (Wildman–Crippen LogP) is 3.47. The molecular formula is C13H20. The van der Waals surface area contributed by atoms with Gasteiger partial charge in [-0.1, -0.05) is 20.8 Å². The predicted molar refractivity (Wildman–Crippen MR) is 53.3 cm³/mol. The summed E-state index contributed by atoms with van der Waals surface area (Å²) in [5.74, 6) is 3.55. The lowest BCUT2D eigenvalue weighted by Crippen LogP contribution is -2.87. The summed E-state index contributed by atoms with van der Waals surface area (Å²) in [4.78, 5) is 0. The highest BCUT2D eigenvalue weighted by molar-refractivity contribution is 5.37. The molecule has 4 aliphatic rings. The van der Waals surface area contributed by atoms with Crippen LogP contribution in [0.3, 0.4) is 0 Å². The highest BCUT2D eigenvalue weighted by atomic mass is 14.9. The Hall–Kier alpha value is 0. The molecule has 5 atom stereocenters. The van der Waals surface area contributed by atoms with Crippen molar-refractivity contribution in [2.45, 2.75) is 46.5 Å². The van der Waals surface area contributed by atoms with Crippen LogP contribution < -0.4 is 0 Å². The van der Waals surface area contributed by atoms with Crippen molar-refractivity contribution in [3.8, 4) is 0 Å². The van der Waals surface area contributed by atoms with Crippen LogP contribution in [0.2, 0.25) is 0 Å². The first-order valence-corrected chi connectivity index (χ1v) is 6.02. The minimum Gasteiger partial charge on any atom is -0.0596 e. The summed E-state index contributed by atoms with van der Waals surface area (Å²) in [6, 6.07) is 0. The smallest absolute Gasteiger partial charge is 0.0150 e. The van der Waals surface area contributed by atoms with E-state index in [0.717, 1.165) is 10.8 Å². The van der Waals surface area contributed by atoms with Crippen LogP contribution in [0, 0.1) is 34.0 Å². The monoisotopic (exact) mass is 176 g/mol. The molecule has 0 aromatic rings. The minimum absolute atomic E-state index is 0.596. The number of rotatable bonds is 0. The quantitative estimate of drug-likeness (QED) is 0.530. The first kappa shape index (κ1) is 7.31. The van der Waals surface area contributed by atoms with E-state index < -0.39 is 0 Å². The third-order valence-corrected chi connectivity index (χ3v) is 6.62. The standard InChI is InChI=1S/C13H20/c1-11(2,3)12-6-9-4-8-5-10(7-12)13(8,9)12/h8-10H,4-7H2,1-3H3/t8?,9-,10+,12?,13?. The van der Waals surface area contributed by atoms with E-state index in [1.807, 2.05) is 0 Å². The van der Waals surface area contributed by atoms with Crippen LogP contribution >= 0.6 is 0 Å². The van der Waals surface area contributed by atoms with Gasteiger partial charge in [0.15, 0.2) is 0 Å². The second kappa shape index (κ2) is 1.51. The largest absolute Gasteiger partial charge is 0.0596 e. The maximum absolute atomic E-state index is 2.49. The van der Waals surface area contributed by atoms with Crippen molar-refractivity contribution in [3.63, 3.8) is 0 Å². The molecule has 0 heteroatoms. The molecule has 0 N–H and O–H groups in total. The molecule has 4 saturated carbocycles. The van der Waals surface area contributed by atoms with Gasteiger partial charge < -0.3 is 0 Å². The molecule has 4 aliphatic carbocycles. The second-order valence-electron chi connectivity index (χ2n) is 7.24. The average Bonchev–Trinajstić information content (AvgIpc) is 1.75. The van der Waals surface area contributed by atoms with E-state index in [0.29, 0.717) is 5.41 Å². The maximum atomic E-state index is 2.49. The van der Waals surface area contributed by atoms with E-state index in [9.17, 15) is 0 Å². The molecule has 0 aromatic heterocycles. The van der Waals surface area contributed by atoms with E-state index in [1.165, 1.54) is 17.8 Å². The summed E-state index contributed by atoms with van der Waals surface area (Å²) in [6.45, 7) is 7.46. The molecule has 0 heterocycles. The maximum Gasteiger partial charge on any atom is -0.0150 e. The lowest BCUT2D eigenvalue weighted by Gasteiger charge is -2.94. The van der Waals surface area contributed by atoms with Crippen LogP contribution in [-0.4, -0.2) is 0 Å². The van der Waals surface area contributed by atoms with Crippen LogP contribution in [0.25, 0.3) is 0 Å². The number of hydrogen-bond donors (Lipinski definition) is 0. The van der Waals surface area contributed by atoms with Crippen LogP contribution in [-0.2, 0) is 0 Å². The highest BCUT2D eigenvalue weighted by Gasteiger charge is 2.89. The molecule has 13 heavy (non-hydrogen) atoms. The Morgan fingerprint density at radius 2 is 1.46 bits per heavy atom. The van der Waals surface area contributed by atoms with Gasteiger partial charge in [0, 0.05) is 0 Å². The Morgan fingerprint density at radius 3 is 1.69 bits per heavy atom. The van der Waals surface area contributed by atoms with Crippen LogP contribution in [0.1, 0.15) is 46.5 Å². The Morgan fingerprint density at radius 1 is 0.923 bits per heavy atom. The van der Waals surface area contributed by atoms with Crippen LogP contribution in [0.4, 0.5) is 0 Å². The fraction of sp³-hybridized carbons (Fsp3) is 1.00. The fourth-order valence-corrected chi connectivity index (χ4v) is 6.20. The normalized spacial score (nSPS) is 66.2. The molecule has 3 unspecified atom stereocenters. The van der Waals surface area contributed by atoms with E-state index >= 15 is 0 Å². The van der Waals surface area contributed by atoms with Crippen molar-refractivity contribution >= 4 is 0 Å². The Labute approximate surface area is 81.1 Å². The molecule has 0 aliphatic heterocycles. The molecule has 0 aromatic carbocycles. The SMILES string of the molecule is CC(C)(C)C12C[C@H]3CC4C[C@@H](C1)C432. The first-order chi connectivity index (χ1) is 6.02. The van der Waals surface area contributed by atoms with E-state index in [4.69, 9.17) is 0 Å². The van der Waals surface area contributed by atoms with Crippen LogP contribution in [0.5, 0.6) is 0 Å². The molecule has 0 radical (unpaired) electrons. The van der Waals surface area contributed by atoms with Crippen molar-refractivity contribution in [1.82, 2.24) is 0 Å². The van der Waals surface area contributed by atoms with Crippen LogP contribution in [0.15, 0.2) is 0 Å². The van der Waals surface area contributed by atoms with Gasteiger partial charge in [-0.3, -0.25) is 0 Å². The zero-order valence-electron chi connectivity index (χ0n) is 9.06. The lowest BCUT2D eigenvalue weighted by molar-refractivity contribution is -0.458. The van der Waals surface area contributed by atoms with Gasteiger partial charge in [0.25, 0.3) is 0 Å². The van der Waals surface area contributed by atoms with Gasteiger partial charge >= 0.3 is 0 Å². The van der Waals surface area contributed by atoms with Crippen molar-refractivity contribution in [1.29, 1.82) is 0 Å². The zero-order valence-corrected chi connectivity index (χ0v) is 9.06. The second-order valence-corrected chi connectivity index (χ2v) is 7.24. The Kier molecular flexibility index (Phi) is 0.850. The molecule has 0 amide bonds. The summed E-state index contributed by atoms with van der Waals surface area (Å²) < 4.78 is 0. The highest BCUT2D eigenvalue weighted by Crippen LogP contribution is 2.95. The van der Waals surface area contributed by atoms with Crippen molar-refractivity contribution in [2.75, 3.05) is 0 Å². The topological polar surface area (TPSA) is 0 Å². The van der Waals surface area contributed by atoms with Gasteiger partial charge in [-0.05, 0) is 59.7 Å². The van der Waals surface area contributed by atoms with Crippen molar-refractivity contribution < 1.29 is 0 Å². The van der Waals surface area contributed by atoms with E-state index in [1.54, 1.807) is 25.7 Å². The average molecular weight is 176 g/mol. The zero-order chi connectivity index (χ0) is 9.06. The van der Waals surface area contributed by atoms with Gasteiger partial charge in [0.05, 0.1) is 0 Å². The summed E-state index contributed by atoms with van der Waals surface area (Å²) in [5, 5.41) is 0. The first-order valence-electron chi connectivity index (χ1n) is 6.02. The Bertz CT molecular complexity index is 268. The third kappa shape index (κ3) is 0.412. The van der Waals surface area contributed by atoms with Gasteiger partial charge in [-0.2, -0.15) is 0 Å². The van der Waals surface area contributed by atoms with Crippen molar-refractivity contribution in [3.05, 3.63) is 0 Å². The molecule has 4 rings (SSSR count). The lowest BCUT2D eigenvalue weighted by atomic mass is 9.10. The molecule has 0 saturated heterocycles.